The van der Waals surface area contributed by atoms with Gasteiger partial charge in [0.1, 0.15) is 5.75 Å². The van der Waals surface area contributed by atoms with Crippen molar-refractivity contribution in [1.29, 1.82) is 0 Å². The maximum absolute atomic E-state index is 10.8. The van der Waals surface area contributed by atoms with E-state index in [2.05, 4.69) is 46.7 Å². The average molecular weight is 322 g/mol. The van der Waals surface area contributed by atoms with E-state index >= 15 is 0 Å². The van der Waals surface area contributed by atoms with Crippen LogP contribution in [-0.4, -0.2) is 24.0 Å². The van der Waals surface area contributed by atoms with Crippen LogP contribution in [0, 0.1) is 0 Å². The molecule has 1 unspecified atom stereocenters. The van der Waals surface area contributed by atoms with Crippen molar-refractivity contribution in [1.82, 2.24) is 4.98 Å². The number of benzene rings is 2. The van der Waals surface area contributed by atoms with Gasteiger partial charge in [0.2, 0.25) is 0 Å². The molecule has 2 heterocycles. The number of ether oxygens (including phenoxy) is 1. The van der Waals surface area contributed by atoms with Crippen LogP contribution in [0.3, 0.4) is 0 Å². The van der Waals surface area contributed by atoms with E-state index in [0.717, 1.165) is 13.0 Å². The van der Waals surface area contributed by atoms with E-state index < -0.39 is 5.91 Å². The van der Waals surface area contributed by atoms with Crippen molar-refractivity contribution >= 4 is 16.8 Å². The van der Waals surface area contributed by atoms with Crippen LogP contribution < -0.4 is 15.8 Å². The summed E-state index contributed by atoms with van der Waals surface area (Å²) in [6.45, 7) is 0.973. The number of primary amides is 1. The minimum absolute atomic E-state index is 0.0962. The molecule has 3 aromatic rings. The predicted molar refractivity (Wildman–Crippen MR) is 91.8 cm³/mol. The summed E-state index contributed by atoms with van der Waals surface area (Å²) in [6.07, 6.45) is 1.08. The van der Waals surface area contributed by atoms with Crippen LogP contribution in [-0.2, 0) is 11.2 Å². The van der Waals surface area contributed by atoms with Gasteiger partial charge >= 0.3 is 0 Å². The zero-order valence-corrected chi connectivity index (χ0v) is 13.3. The van der Waals surface area contributed by atoms with Gasteiger partial charge in [-0.2, -0.15) is 0 Å². The molecule has 0 saturated carbocycles. The molecule has 24 heavy (non-hydrogen) atoms. The molecule has 0 saturated heterocycles. The molecule has 5 N–H and O–H groups in total. The van der Waals surface area contributed by atoms with Crippen molar-refractivity contribution < 1.29 is 14.8 Å². The van der Waals surface area contributed by atoms with E-state index in [-0.39, 0.29) is 12.6 Å². The molecule has 1 amide bonds. The number of hydrogen-bond donors (Lipinski definition) is 3. The molecule has 2 aromatic carbocycles. The van der Waals surface area contributed by atoms with Gasteiger partial charge in [-0.1, -0.05) is 18.2 Å². The summed E-state index contributed by atoms with van der Waals surface area (Å²) in [7, 11) is 0. The Morgan fingerprint density at radius 3 is 2.79 bits per heavy atom. The third-order valence-corrected chi connectivity index (χ3v) is 4.57. The Morgan fingerprint density at radius 2 is 2.00 bits per heavy atom. The number of hydrogen-bond acceptors (Lipinski definition) is 2. The highest BCUT2D eigenvalue weighted by Crippen LogP contribution is 2.31. The van der Waals surface area contributed by atoms with E-state index in [4.69, 9.17) is 10.5 Å². The number of fused-ring (bicyclic) bond motifs is 3. The second-order valence-corrected chi connectivity index (χ2v) is 6.14. The highest BCUT2D eigenvalue weighted by Gasteiger charge is 2.28. The fourth-order valence-electron chi connectivity index (χ4n) is 3.50. The van der Waals surface area contributed by atoms with Gasteiger partial charge in [-0.05, 0) is 35.9 Å². The molecule has 0 spiro atoms. The normalized spacial score (nSPS) is 16.8. The van der Waals surface area contributed by atoms with Crippen molar-refractivity contribution in [3.8, 4) is 5.75 Å². The number of H-pyrrole nitrogens is 1. The molecule has 0 aliphatic carbocycles. The van der Waals surface area contributed by atoms with Crippen LogP contribution in [0.2, 0.25) is 0 Å². The van der Waals surface area contributed by atoms with E-state index in [0.29, 0.717) is 5.75 Å². The first-order valence-corrected chi connectivity index (χ1v) is 8.16. The smallest absolute Gasteiger partial charge is 0.255 e. The van der Waals surface area contributed by atoms with Crippen LogP contribution in [0.1, 0.15) is 22.9 Å². The number of rotatable bonds is 4. The van der Waals surface area contributed by atoms with E-state index in [1.807, 2.05) is 12.1 Å². The summed E-state index contributed by atoms with van der Waals surface area (Å²) in [4.78, 5) is 14.4. The number of para-hydroxylation sites is 1. The van der Waals surface area contributed by atoms with Gasteiger partial charge in [0, 0.05) is 22.9 Å². The number of amides is 1. The second kappa shape index (κ2) is 6.02. The van der Waals surface area contributed by atoms with Crippen LogP contribution in [0.4, 0.5) is 0 Å². The molecule has 0 fully saturated rings. The van der Waals surface area contributed by atoms with E-state index in [1.54, 1.807) is 0 Å². The van der Waals surface area contributed by atoms with Crippen LogP contribution in [0.5, 0.6) is 5.75 Å². The van der Waals surface area contributed by atoms with Gasteiger partial charge in [-0.25, -0.2) is 0 Å². The molecule has 1 atom stereocenters. The van der Waals surface area contributed by atoms with Crippen molar-refractivity contribution in [2.45, 2.75) is 12.5 Å². The lowest BCUT2D eigenvalue weighted by Crippen LogP contribution is -2.87. The van der Waals surface area contributed by atoms with Gasteiger partial charge in [-0.3, -0.25) is 4.79 Å². The maximum Gasteiger partial charge on any atom is 0.255 e. The summed E-state index contributed by atoms with van der Waals surface area (Å²) in [5.74, 6) is 0.188. The molecule has 4 rings (SSSR count). The van der Waals surface area contributed by atoms with Crippen LogP contribution in [0.25, 0.3) is 10.9 Å². The Balaban J connectivity index is 1.65. The highest BCUT2D eigenvalue weighted by atomic mass is 16.5. The minimum Gasteiger partial charge on any atom is -0.484 e. The van der Waals surface area contributed by atoms with Crippen LogP contribution >= 0.6 is 0 Å². The quantitative estimate of drug-likeness (QED) is 0.675. The number of quaternary nitrogens is 1. The third-order valence-electron chi connectivity index (χ3n) is 4.57. The van der Waals surface area contributed by atoms with Gasteiger partial charge in [0.25, 0.3) is 5.91 Å². The molecule has 5 heteroatoms. The summed E-state index contributed by atoms with van der Waals surface area (Å²) >= 11 is 0. The lowest BCUT2D eigenvalue weighted by atomic mass is 9.94. The second-order valence-electron chi connectivity index (χ2n) is 6.14. The van der Waals surface area contributed by atoms with Gasteiger partial charge < -0.3 is 20.8 Å². The van der Waals surface area contributed by atoms with E-state index in [1.165, 1.54) is 27.7 Å². The monoisotopic (exact) mass is 322 g/mol. The predicted octanol–water partition coefficient (Wildman–Crippen LogP) is 1.24. The highest BCUT2D eigenvalue weighted by molar-refractivity contribution is 5.85. The summed E-state index contributed by atoms with van der Waals surface area (Å²) in [5, 5.41) is 3.68. The maximum atomic E-state index is 10.8. The average Bonchev–Trinajstić information content (AvgIpc) is 2.99. The Kier molecular flexibility index (Phi) is 3.70. The number of aromatic nitrogens is 1. The number of carbonyl (C=O) groups excluding carboxylic acids is 1. The Hall–Kier alpha value is -2.79. The standard InChI is InChI=1S/C19H19N3O2/c20-17(23)11-24-13-7-5-12(6-8-13)18-19-15(9-10-21-18)14-3-1-2-4-16(14)22-19/h1-8,18,21-22H,9-11H2,(H2,20,23)/p+1. The van der Waals surface area contributed by atoms with Crippen molar-refractivity contribution in [3.63, 3.8) is 0 Å². The molecule has 122 valence electrons. The molecule has 1 aliphatic rings. The summed E-state index contributed by atoms with van der Waals surface area (Å²) in [5.41, 5.74) is 10.2. The third kappa shape index (κ3) is 2.63. The molecule has 0 bridgehead atoms. The zero-order chi connectivity index (χ0) is 16.5. The Bertz CT molecular complexity index is 883. The summed E-state index contributed by atoms with van der Waals surface area (Å²) in [6, 6.07) is 16.6. The first-order chi connectivity index (χ1) is 11.7. The van der Waals surface area contributed by atoms with E-state index in [9.17, 15) is 4.79 Å². The zero-order valence-electron chi connectivity index (χ0n) is 13.3. The van der Waals surface area contributed by atoms with Crippen molar-refractivity contribution in [3.05, 3.63) is 65.4 Å². The first kappa shape index (κ1) is 14.8. The largest absolute Gasteiger partial charge is 0.484 e. The van der Waals surface area contributed by atoms with Crippen LogP contribution in [0.15, 0.2) is 48.5 Å². The Labute approximate surface area is 139 Å². The topological polar surface area (TPSA) is 84.7 Å². The number of nitrogens with one attached hydrogen (secondary N) is 1. The molecule has 1 aromatic heterocycles. The number of nitrogens with two attached hydrogens (primary N) is 2. The van der Waals surface area contributed by atoms with Gasteiger partial charge in [0.15, 0.2) is 12.6 Å². The van der Waals surface area contributed by atoms with Gasteiger partial charge in [-0.15, -0.1) is 0 Å². The van der Waals surface area contributed by atoms with Gasteiger partial charge in [0.05, 0.1) is 12.2 Å². The Morgan fingerprint density at radius 1 is 1.21 bits per heavy atom. The summed E-state index contributed by atoms with van der Waals surface area (Å²) < 4.78 is 5.33. The number of carbonyl (C=O) groups is 1. The molecule has 1 aliphatic heterocycles. The number of aromatic amines is 1. The molecule has 5 nitrogen and oxygen atoms in total. The molecular weight excluding hydrogens is 302 g/mol. The minimum atomic E-state index is -0.470. The fourth-order valence-corrected chi connectivity index (χ4v) is 3.50. The fraction of sp³-hybridized carbons (Fsp3) is 0.211. The van der Waals surface area contributed by atoms with Crippen molar-refractivity contribution in [2.24, 2.45) is 5.73 Å². The van der Waals surface area contributed by atoms with Crippen molar-refractivity contribution in [2.75, 3.05) is 13.2 Å². The first-order valence-electron chi connectivity index (χ1n) is 8.16. The molecule has 0 radical (unpaired) electrons. The molecular formula is C19H20N3O2+. The lowest BCUT2D eigenvalue weighted by molar-refractivity contribution is -0.690. The SMILES string of the molecule is NC(=O)COc1ccc(C2[NH2+]CCc3c2[nH]c2ccccc32)cc1. The lowest BCUT2D eigenvalue weighted by Gasteiger charge is -2.21.